The van der Waals surface area contributed by atoms with E-state index in [0.29, 0.717) is 11.9 Å². The summed E-state index contributed by atoms with van der Waals surface area (Å²) in [7, 11) is 0. The predicted octanol–water partition coefficient (Wildman–Crippen LogP) is 1.07. The molecule has 0 spiro atoms. The van der Waals surface area contributed by atoms with Crippen LogP contribution in [0.2, 0.25) is 0 Å². The Morgan fingerprint density at radius 3 is 3.11 bits per heavy atom. The van der Waals surface area contributed by atoms with Gasteiger partial charge in [0.05, 0.1) is 12.6 Å². The summed E-state index contributed by atoms with van der Waals surface area (Å²) in [4.78, 5) is 11.2. The zero-order valence-corrected chi connectivity index (χ0v) is 11.7. The zero-order valence-electron chi connectivity index (χ0n) is 11.7. The predicted molar refractivity (Wildman–Crippen MR) is 74.5 cm³/mol. The molecule has 1 aliphatic heterocycles. The molecule has 0 radical (unpaired) electrons. The van der Waals surface area contributed by atoms with E-state index in [4.69, 9.17) is 10.6 Å². The Morgan fingerprint density at radius 2 is 2.37 bits per heavy atom. The third-order valence-corrected chi connectivity index (χ3v) is 3.28. The molecule has 1 unspecified atom stereocenters. The van der Waals surface area contributed by atoms with E-state index in [1.807, 2.05) is 19.9 Å². The first kappa shape index (κ1) is 14.2. The minimum atomic E-state index is 0.343. The zero-order chi connectivity index (χ0) is 13.7. The summed E-state index contributed by atoms with van der Waals surface area (Å²) in [6.45, 7) is 7.55. The van der Waals surface area contributed by atoms with Gasteiger partial charge in [0.1, 0.15) is 11.6 Å². The average Bonchev–Trinajstić information content (AvgIpc) is 2.39. The van der Waals surface area contributed by atoms with Crippen LogP contribution in [0.5, 0.6) is 0 Å². The average molecular weight is 265 g/mol. The molecule has 1 aromatic rings. The highest BCUT2D eigenvalue weighted by Crippen LogP contribution is 2.15. The minimum Gasteiger partial charge on any atom is -0.377 e. The number of nitrogens with two attached hydrogens (primary N) is 1. The molecule has 106 valence electrons. The Morgan fingerprint density at radius 1 is 1.53 bits per heavy atom. The summed E-state index contributed by atoms with van der Waals surface area (Å²) in [5.74, 6) is 6.89. The number of hydrogen-bond acceptors (Lipinski definition) is 6. The van der Waals surface area contributed by atoms with E-state index in [0.717, 1.165) is 44.2 Å². The van der Waals surface area contributed by atoms with Crippen LogP contribution in [0.3, 0.4) is 0 Å². The molecule has 0 bridgehead atoms. The lowest BCUT2D eigenvalue weighted by atomic mass is 10.1. The molecule has 0 amide bonds. The second kappa shape index (κ2) is 6.79. The largest absolute Gasteiger partial charge is 0.377 e. The number of rotatable bonds is 5. The first-order valence-electron chi connectivity index (χ1n) is 6.86. The molecular weight excluding hydrogens is 242 g/mol. The Bertz CT molecular complexity index is 410. The summed E-state index contributed by atoms with van der Waals surface area (Å²) in [5.41, 5.74) is 3.51. The molecule has 1 aromatic heterocycles. The molecular formula is C13H23N5O. The van der Waals surface area contributed by atoms with E-state index in [-0.39, 0.29) is 0 Å². The number of nitrogen functional groups attached to an aromatic ring is 1. The van der Waals surface area contributed by atoms with E-state index in [1.165, 1.54) is 6.42 Å². The Balaban J connectivity index is 1.98. The molecule has 2 heterocycles. The molecule has 3 N–H and O–H groups in total. The second-order valence-corrected chi connectivity index (χ2v) is 4.91. The van der Waals surface area contributed by atoms with E-state index < -0.39 is 0 Å². The normalized spacial score (nSPS) is 20.5. The van der Waals surface area contributed by atoms with Crippen LogP contribution in [-0.2, 0) is 11.3 Å². The van der Waals surface area contributed by atoms with Crippen molar-refractivity contribution in [3.63, 3.8) is 0 Å². The van der Waals surface area contributed by atoms with Crippen molar-refractivity contribution in [2.75, 3.05) is 25.1 Å². The van der Waals surface area contributed by atoms with E-state index in [2.05, 4.69) is 20.3 Å². The Hall–Kier alpha value is -1.24. The monoisotopic (exact) mass is 265 g/mol. The van der Waals surface area contributed by atoms with Crippen molar-refractivity contribution in [3.05, 3.63) is 17.6 Å². The van der Waals surface area contributed by atoms with Crippen molar-refractivity contribution in [1.29, 1.82) is 0 Å². The lowest BCUT2D eigenvalue weighted by Crippen LogP contribution is -2.39. The molecule has 0 aliphatic carbocycles. The number of piperidine rings is 1. The van der Waals surface area contributed by atoms with Gasteiger partial charge < -0.3 is 10.2 Å². The van der Waals surface area contributed by atoms with Gasteiger partial charge in [0, 0.05) is 24.9 Å². The highest BCUT2D eigenvalue weighted by atomic mass is 16.5. The fourth-order valence-corrected chi connectivity index (χ4v) is 2.50. The fourth-order valence-electron chi connectivity index (χ4n) is 2.50. The van der Waals surface area contributed by atoms with Gasteiger partial charge in [-0.05, 0) is 33.2 Å². The lowest BCUT2D eigenvalue weighted by molar-refractivity contribution is 0.00297. The highest BCUT2D eigenvalue weighted by Gasteiger charge is 2.20. The molecule has 6 nitrogen and oxygen atoms in total. The van der Waals surface area contributed by atoms with Crippen molar-refractivity contribution in [2.24, 2.45) is 5.84 Å². The highest BCUT2D eigenvalue weighted by molar-refractivity contribution is 5.33. The first-order valence-corrected chi connectivity index (χ1v) is 6.86. The standard InChI is InChI=1S/C13H23N5O/c1-3-19-11-5-4-6-18(8-11)9-13-15-10(2)7-12(16-13)17-14/h7,11H,3-6,8-9,14H2,1-2H3,(H,15,16,17). The number of likely N-dealkylation sites (tertiary alicyclic amines) is 1. The third kappa shape index (κ3) is 4.12. The number of nitrogens with zero attached hydrogens (tertiary/aromatic N) is 3. The van der Waals surface area contributed by atoms with Crippen LogP contribution in [0.15, 0.2) is 6.07 Å². The van der Waals surface area contributed by atoms with Crippen molar-refractivity contribution in [2.45, 2.75) is 39.3 Å². The smallest absolute Gasteiger partial charge is 0.145 e. The van der Waals surface area contributed by atoms with E-state index in [1.54, 1.807) is 0 Å². The number of hydrogen-bond donors (Lipinski definition) is 2. The van der Waals surface area contributed by atoms with Gasteiger partial charge in [0.25, 0.3) is 0 Å². The molecule has 2 rings (SSSR count). The van der Waals surface area contributed by atoms with E-state index in [9.17, 15) is 0 Å². The molecule has 0 aromatic carbocycles. The molecule has 1 aliphatic rings. The molecule has 1 atom stereocenters. The van der Waals surface area contributed by atoms with Crippen LogP contribution in [-0.4, -0.2) is 40.7 Å². The van der Waals surface area contributed by atoms with E-state index >= 15 is 0 Å². The summed E-state index contributed by atoms with van der Waals surface area (Å²) < 4.78 is 5.70. The molecule has 19 heavy (non-hydrogen) atoms. The number of hydrazine groups is 1. The van der Waals surface area contributed by atoms with Gasteiger partial charge in [-0.3, -0.25) is 4.90 Å². The van der Waals surface area contributed by atoms with Crippen LogP contribution in [0.25, 0.3) is 0 Å². The summed E-state index contributed by atoms with van der Waals surface area (Å²) >= 11 is 0. The van der Waals surface area contributed by atoms with Crippen LogP contribution in [0.4, 0.5) is 5.82 Å². The van der Waals surface area contributed by atoms with Gasteiger partial charge in [-0.1, -0.05) is 0 Å². The quantitative estimate of drug-likeness (QED) is 0.612. The van der Waals surface area contributed by atoms with Crippen molar-refractivity contribution >= 4 is 5.82 Å². The number of nitrogens with one attached hydrogen (secondary N) is 1. The van der Waals surface area contributed by atoms with Crippen molar-refractivity contribution < 1.29 is 4.74 Å². The van der Waals surface area contributed by atoms with Crippen molar-refractivity contribution in [3.8, 4) is 0 Å². The minimum absolute atomic E-state index is 0.343. The van der Waals surface area contributed by atoms with Gasteiger partial charge >= 0.3 is 0 Å². The van der Waals surface area contributed by atoms with Gasteiger partial charge in [-0.15, -0.1) is 0 Å². The summed E-state index contributed by atoms with van der Waals surface area (Å²) in [6, 6.07) is 1.84. The van der Waals surface area contributed by atoms with Crippen LogP contribution < -0.4 is 11.3 Å². The lowest BCUT2D eigenvalue weighted by Gasteiger charge is -2.31. The second-order valence-electron chi connectivity index (χ2n) is 4.91. The van der Waals surface area contributed by atoms with Crippen LogP contribution >= 0.6 is 0 Å². The molecule has 1 fully saturated rings. The summed E-state index contributed by atoms with van der Waals surface area (Å²) in [6.07, 6.45) is 2.66. The third-order valence-electron chi connectivity index (χ3n) is 3.28. The Labute approximate surface area is 114 Å². The number of aromatic nitrogens is 2. The Kier molecular flexibility index (Phi) is 5.07. The molecule has 1 saturated heterocycles. The van der Waals surface area contributed by atoms with Crippen LogP contribution in [0.1, 0.15) is 31.3 Å². The number of aryl methyl sites for hydroxylation is 1. The molecule has 0 saturated carbocycles. The number of ether oxygens (including phenoxy) is 1. The van der Waals surface area contributed by atoms with Gasteiger partial charge in [-0.25, -0.2) is 15.8 Å². The fraction of sp³-hybridized carbons (Fsp3) is 0.692. The maximum absolute atomic E-state index is 5.70. The number of anilines is 1. The first-order chi connectivity index (χ1) is 9.21. The summed E-state index contributed by atoms with van der Waals surface area (Å²) in [5, 5.41) is 0. The maximum Gasteiger partial charge on any atom is 0.145 e. The SMILES string of the molecule is CCOC1CCCN(Cc2nc(C)cc(NN)n2)C1. The molecule has 6 heteroatoms. The van der Waals surface area contributed by atoms with Gasteiger partial charge in [-0.2, -0.15) is 0 Å². The van der Waals surface area contributed by atoms with Crippen LogP contribution in [0, 0.1) is 6.92 Å². The maximum atomic E-state index is 5.70. The topological polar surface area (TPSA) is 76.3 Å². The van der Waals surface area contributed by atoms with Gasteiger partial charge in [0.2, 0.25) is 0 Å². The van der Waals surface area contributed by atoms with Crippen molar-refractivity contribution in [1.82, 2.24) is 14.9 Å². The van der Waals surface area contributed by atoms with Gasteiger partial charge in [0.15, 0.2) is 0 Å².